The van der Waals surface area contributed by atoms with E-state index in [0.29, 0.717) is 44.2 Å². The van der Waals surface area contributed by atoms with E-state index >= 15 is 0 Å². The predicted molar refractivity (Wildman–Crippen MR) is 121 cm³/mol. The number of nitrogens with zero attached hydrogens (tertiary/aromatic N) is 1. The monoisotopic (exact) mass is 462 g/mol. The van der Waals surface area contributed by atoms with Crippen LogP contribution >= 0.6 is 0 Å². The summed E-state index contributed by atoms with van der Waals surface area (Å²) in [4.78, 5) is 12.5. The molecule has 0 unspecified atom stereocenters. The smallest absolute Gasteiger partial charge is 0.251 e. The van der Waals surface area contributed by atoms with E-state index in [1.807, 2.05) is 45.0 Å². The first-order valence-electron chi connectivity index (χ1n) is 10.7. The number of amides is 1. The Morgan fingerprint density at radius 2 is 1.56 bits per heavy atom. The van der Waals surface area contributed by atoms with Crippen molar-refractivity contribution in [2.24, 2.45) is 0 Å². The van der Waals surface area contributed by atoms with E-state index in [1.54, 1.807) is 0 Å². The molecule has 1 fully saturated rings. The van der Waals surface area contributed by atoms with E-state index in [4.69, 9.17) is 14.2 Å². The molecule has 0 aliphatic carbocycles. The molecule has 2 aromatic rings. The predicted octanol–water partition coefficient (Wildman–Crippen LogP) is 2.69. The summed E-state index contributed by atoms with van der Waals surface area (Å²) < 4.78 is 43.8. The molecule has 1 saturated heterocycles. The van der Waals surface area contributed by atoms with Crippen molar-refractivity contribution in [1.29, 1.82) is 0 Å². The molecule has 0 spiro atoms. The van der Waals surface area contributed by atoms with Gasteiger partial charge in [-0.05, 0) is 69.3 Å². The first-order chi connectivity index (χ1) is 15.3. The first-order valence-corrected chi connectivity index (χ1v) is 12.1. The maximum atomic E-state index is 12.9. The minimum atomic E-state index is -3.64. The third-order valence-corrected chi connectivity index (χ3v) is 6.78. The van der Waals surface area contributed by atoms with Crippen molar-refractivity contribution in [3.63, 3.8) is 0 Å². The molecule has 0 radical (unpaired) electrons. The zero-order valence-electron chi connectivity index (χ0n) is 18.6. The third kappa shape index (κ3) is 6.21. The molecular weight excluding hydrogens is 432 g/mol. The van der Waals surface area contributed by atoms with Crippen LogP contribution in [0.5, 0.6) is 11.5 Å². The van der Waals surface area contributed by atoms with Gasteiger partial charge in [-0.1, -0.05) is 0 Å². The number of carbonyl (C=O) groups is 1. The summed E-state index contributed by atoms with van der Waals surface area (Å²) in [5.74, 6) is 1.16. The average molecular weight is 463 g/mol. The van der Waals surface area contributed by atoms with Gasteiger partial charge in [-0.15, -0.1) is 0 Å². The van der Waals surface area contributed by atoms with Crippen LogP contribution in [-0.2, 0) is 14.8 Å². The maximum absolute atomic E-state index is 12.9. The molecule has 1 amide bonds. The zero-order chi connectivity index (χ0) is 23.1. The standard InChI is InChI=1S/C23H30N2O6S/c1-4-29-20-7-9-21(10-8-20)30-14-13-24-23(26)19-5-11-22(12-6-19)32(27,28)25-15-17(2)31-18(3)16-25/h5-12,17-18H,4,13-16H2,1-3H3,(H,24,26)/t17-,18-/m0/s1. The first kappa shape index (κ1) is 24.0. The number of ether oxygens (including phenoxy) is 3. The maximum Gasteiger partial charge on any atom is 0.251 e. The molecule has 8 nitrogen and oxygen atoms in total. The van der Waals surface area contributed by atoms with E-state index in [1.165, 1.54) is 28.6 Å². The lowest BCUT2D eigenvalue weighted by molar-refractivity contribution is -0.0440. The lowest BCUT2D eigenvalue weighted by atomic mass is 10.2. The average Bonchev–Trinajstić information content (AvgIpc) is 2.77. The van der Waals surface area contributed by atoms with Gasteiger partial charge in [0.2, 0.25) is 10.0 Å². The van der Waals surface area contributed by atoms with Crippen molar-refractivity contribution in [3.05, 3.63) is 54.1 Å². The van der Waals surface area contributed by atoms with Crippen molar-refractivity contribution < 1.29 is 27.4 Å². The summed E-state index contributed by atoms with van der Waals surface area (Å²) >= 11 is 0. The van der Waals surface area contributed by atoms with Crippen LogP contribution in [0.15, 0.2) is 53.4 Å². The van der Waals surface area contributed by atoms with Gasteiger partial charge in [0.1, 0.15) is 18.1 Å². The second kappa shape index (κ2) is 10.8. The van der Waals surface area contributed by atoms with E-state index in [-0.39, 0.29) is 23.0 Å². The Hall–Kier alpha value is -2.62. The molecule has 2 atom stereocenters. The highest BCUT2D eigenvalue weighted by molar-refractivity contribution is 7.89. The Kier molecular flexibility index (Phi) is 8.11. The summed E-state index contributed by atoms with van der Waals surface area (Å²) in [5.41, 5.74) is 0.383. The van der Waals surface area contributed by atoms with Crippen LogP contribution in [0.3, 0.4) is 0 Å². The fourth-order valence-corrected chi connectivity index (χ4v) is 5.08. The van der Waals surface area contributed by atoms with Gasteiger partial charge in [0, 0.05) is 18.7 Å². The number of rotatable bonds is 9. The third-order valence-electron chi connectivity index (χ3n) is 4.93. The van der Waals surface area contributed by atoms with E-state index < -0.39 is 10.0 Å². The number of hydrogen-bond acceptors (Lipinski definition) is 6. The fourth-order valence-electron chi connectivity index (χ4n) is 3.49. The van der Waals surface area contributed by atoms with Gasteiger partial charge in [-0.2, -0.15) is 4.31 Å². The lowest BCUT2D eigenvalue weighted by Crippen LogP contribution is -2.48. The summed E-state index contributed by atoms with van der Waals surface area (Å²) in [6, 6.07) is 13.2. The minimum absolute atomic E-state index is 0.161. The Labute approximate surface area is 189 Å². The number of benzene rings is 2. The van der Waals surface area contributed by atoms with Gasteiger partial charge >= 0.3 is 0 Å². The highest BCUT2D eigenvalue weighted by Gasteiger charge is 2.32. The van der Waals surface area contributed by atoms with Crippen molar-refractivity contribution >= 4 is 15.9 Å². The largest absolute Gasteiger partial charge is 0.494 e. The van der Waals surface area contributed by atoms with Gasteiger partial charge in [0.05, 0.1) is 30.3 Å². The van der Waals surface area contributed by atoms with Gasteiger partial charge in [-0.3, -0.25) is 4.79 Å². The van der Waals surface area contributed by atoms with Gasteiger partial charge in [0.15, 0.2) is 0 Å². The van der Waals surface area contributed by atoms with Crippen molar-refractivity contribution in [3.8, 4) is 11.5 Å². The summed E-state index contributed by atoms with van der Waals surface area (Å²) in [5, 5.41) is 2.77. The topological polar surface area (TPSA) is 94.2 Å². The quantitative estimate of drug-likeness (QED) is 0.576. The lowest BCUT2D eigenvalue weighted by Gasteiger charge is -2.34. The molecule has 32 heavy (non-hydrogen) atoms. The van der Waals surface area contributed by atoms with Crippen LogP contribution in [0, 0.1) is 0 Å². The van der Waals surface area contributed by atoms with Gasteiger partial charge in [0.25, 0.3) is 5.91 Å². The van der Waals surface area contributed by atoms with Gasteiger partial charge < -0.3 is 19.5 Å². The molecule has 9 heteroatoms. The Morgan fingerprint density at radius 1 is 1.00 bits per heavy atom. The van der Waals surface area contributed by atoms with E-state index in [0.717, 1.165) is 5.75 Å². The highest BCUT2D eigenvalue weighted by atomic mass is 32.2. The van der Waals surface area contributed by atoms with Crippen LogP contribution in [0.2, 0.25) is 0 Å². The van der Waals surface area contributed by atoms with E-state index in [9.17, 15) is 13.2 Å². The van der Waals surface area contributed by atoms with Crippen LogP contribution < -0.4 is 14.8 Å². The highest BCUT2D eigenvalue weighted by Crippen LogP contribution is 2.21. The van der Waals surface area contributed by atoms with Gasteiger partial charge in [-0.25, -0.2) is 8.42 Å². The summed E-state index contributed by atoms with van der Waals surface area (Å²) in [6.45, 7) is 7.47. The molecule has 3 rings (SSSR count). The van der Waals surface area contributed by atoms with E-state index in [2.05, 4.69) is 5.32 Å². The van der Waals surface area contributed by atoms with Crippen molar-refractivity contribution in [2.45, 2.75) is 37.9 Å². The van der Waals surface area contributed by atoms with Crippen LogP contribution in [-0.4, -0.2) is 63.7 Å². The van der Waals surface area contributed by atoms with Crippen molar-refractivity contribution in [1.82, 2.24) is 9.62 Å². The molecule has 1 aliphatic heterocycles. The SMILES string of the molecule is CCOc1ccc(OCCNC(=O)c2ccc(S(=O)(=O)N3C[C@H](C)O[C@@H](C)C3)cc2)cc1. The second-order valence-electron chi connectivity index (χ2n) is 7.61. The van der Waals surface area contributed by atoms with Crippen LogP contribution in [0.1, 0.15) is 31.1 Å². The molecule has 0 saturated carbocycles. The number of hydrogen-bond donors (Lipinski definition) is 1. The molecule has 0 aromatic heterocycles. The molecule has 1 aliphatic rings. The molecular formula is C23H30N2O6S. The Balaban J connectivity index is 1.50. The number of sulfonamides is 1. The van der Waals surface area contributed by atoms with Crippen LogP contribution in [0.25, 0.3) is 0 Å². The number of nitrogens with one attached hydrogen (secondary N) is 1. The molecule has 0 bridgehead atoms. The molecule has 1 heterocycles. The minimum Gasteiger partial charge on any atom is -0.494 e. The number of morpholine rings is 1. The Bertz CT molecular complexity index is 982. The molecule has 2 aromatic carbocycles. The van der Waals surface area contributed by atoms with Crippen molar-refractivity contribution in [2.75, 3.05) is 32.8 Å². The zero-order valence-corrected chi connectivity index (χ0v) is 19.4. The number of carbonyl (C=O) groups excluding carboxylic acids is 1. The molecule has 1 N–H and O–H groups in total. The normalized spacial score (nSPS) is 19.3. The summed E-state index contributed by atoms with van der Waals surface area (Å²) in [7, 11) is -3.64. The Morgan fingerprint density at radius 3 is 2.12 bits per heavy atom. The second-order valence-corrected chi connectivity index (χ2v) is 9.55. The molecule has 174 valence electrons. The fraction of sp³-hybridized carbons (Fsp3) is 0.435. The summed E-state index contributed by atoms with van der Waals surface area (Å²) in [6.07, 6.45) is -0.327. The van der Waals surface area contributed by atoms with Crippen LogP contribution in [0.4, 0.5) is 0 Å².